The Hall–Kier alpha value is -2.38. The molecule has 3 nitrogen and oxygen atoms in total. The van der Waals surface area contributed by atoms with Crippen molar-refractivity contribution in [3.8, 4) is 17.2 Å². The molecule has 0 radical (unpaired) electrons. The number of pyridine rings is 1. The van der Waals surface area contributed by atoms with E-state index in [-0.39, 0.29) is 0 Å². The van der Waals surface area contributed by atoms with Crippen molar-refractivity contribution in [2.24, 2.45) is 0 Å². The molecule has 20 heavy (non-hydrogen) atoms. The second kappa shape index (κ2) is 4.62. The maximum Gasteiger partial charge on any atom is 0.290 e. The molecular formula is C16H14N3S+. The largest absolute Gasteiger partial charge is 0.290 e. The van der Waals surface area contributed by atoms with Gasteiger partial charge in [-0.15, -0.1) is 0 Å². The van der Waals surface area contributed by atoms with Crippen LogP contribution in [0.3, 0.4) is 0 Å². The summed E-state index contributed by atoms with van der Waals surface area (Å²) in [6.07, 6.45) is 0. The van der Waals surface area contributed by atoms with Crippen LogP contribution >= 0.6 is 11.3 Å². The van der Waals surface area contributed by atoms with E-state index in [1.54, 1.807) is 11.3 Å². The minimum absolute atomic E-state index is 0.431. The van der Waals surface area contributed by atoms with E-state index in [4.69, 9.17) is 5.73 Å². The van der Waals surface area contributed by atoms with Crippen molar-refractivity contribution in [1.82, 2.24) is 0 Å². The minimum Gasteiger partial charge on any atom is -0.286 e. The molecule has 0 bridgehead atoms. The number of aryl methyl sites for hydroxylation is 2. The first kappa shape index (κ1) is 12.6. The molecule has 0 aliphatic heterocycles. The first-order valence-corrected chi connectivity index (χ1v) is 7.15. The number of aromatic nitrogens is 1. The van der Waals surface area contributed by atoms with Crippen LogP contribution < -0.4 is 10.7 Å². The number of nitriles is 1. The van der Waals surface area contributed by atoms with E-state index >= 15 is 0 Å². The quantitative estimate of drug-likeness (QED) is 0.742. The van der Waals surface area contributed by atoms with Gasteiger partial charge in [0.05, 0.1) is 0 Å². The molecule has 98 valence electrons. The Morgan fingerprint density at radius 1 is 1.20 bits per heavy atom. The topological polar surface area (TPSA) is 63.9 Å². The molecule has 4 heteroatoms. The Balaban J connectivity index is 2.53. The highest BCUT2D eigenvalue weighted by Gasteiger charge is 2.22. The predicted octanol–water partition coefficient (Wildman–Crippen LogP) is 3.45. The molecule has 0 saturated heterocycles. The van der Waals surface area contributed by atoms with Crippen molar-refractivity contribution < 1.29 is 4.98 Å². The average Bonchev–Trinajstić information content (AvgIpc) is 2.73. The van der Waals surface area contributed by atoms with Gasteiger partial charge in [-0.2, -0.15) is 5.26 Å². The Morgan fingerprint density at radius 3 is 2.55 bits per heavy atom. The first-order chi connectivity index (χ1) is 9.63. The highest BCUT2D eigenvalue weighted by atomic mass is 32.1. The lowest BCUT2D eigenvalue weighted by Gasteiger charge is -2.07. The van der Waals surface area contributed by atoms with Crippen LogP contribution in [0.15, 0.2) is 30.3 Å². The van der Waals surface area contributed by atoms with Crippen molar-refractivity contribution in [3.63, 3.8) is 0 Å². The number of hydrogen-bond donors (Lipinski definition) is 1. The van der Waals surface area contributed by atoms with Gasteiger partial charge in [0.2, 0.25) is 0 Å². The molecule has 0 unspecified atom stereocenters. The molecule has 3 N–H and O–H groups in total. The number of nitrogen functional groups attached to an aromatic ring is 1. The molecule has 0 aliphatic rings. The van der Waals surface area contributed by atoms with E-state index in [9.17, 15) is 5.26 Å². The fraction of sp³-hybridized carbons (Fsp3) is 0.125. The molecule has 1 aromatic carbocycles. The van der Waals surface area contributed by atoms with Crippen LogP contribution in [0.4, 0.5) is 5.82 Å². The summed E-state index contributed by atoms with van der Waals surface area (Å²) in [6.45, 7) is 4.18. The number of anilines is 1. The number of nitrogens with one attached hydrogen (secondary N) is 1. The van der Waals surface area contributed by atoms with Gasteiger partial charge in [0.1, 0.15) is 11.6 Å². The number of hydrogen-bond acceptors (Lipinski definition) is 3. The van der Waals surface area contributed by atoms with Crippen LogP contribution in [0.2, 0.25) is 0 Å². The van der Waals surface area contributed by atoms with E-state index < -0.39 is 0 Å². The summed E-state index contributed by atoms with van der Waals surface area (Å²) in [7, 11) is 0. The number of benzene rings is 1. The highest BCUT2D eigenvalue weighted by Crippen LogP contribution is 2.38. The summed E-state index contributed by atoms with van der Waals surface area (Å²) < 4.78 is 0. The molecule has 3 rings (SSSR count). The van der Waals surface area contributed by atoms with E-state index in [0.29, 0.717) is 11.4 Å². The van der Waals surface area contributed by atoms with Gasteiger partial charge in [0.25, 0.3) is 5.82 Å². The molecule has 3 aromatic rings. The van der Waals surface area contributed by atoms with Crippen LogP contribution in [0.25, 0.3) is 21.3 Å². The SMILES string of the molecule is Cc1sc2[nH+]c(N)c(C#N)c(-c3ccccc3)c2c1C. The second-order valence-corrected chi connectivity index (χ2v) is 5.98. The first-order valence-electron chi connectivity index (χ1n) is 6.33. The number of fused-ring (bicyclic) bond motifs is 1. The Bertz CT molecular complexity index is 842. The molecule has 0 saturated carbocycles. The van der Waals surface area contributed by atoms with Crippen LogP contribution in [0.5, 0.6) is 0 Å². The van der Waals surface area contributed by atoms with Gasteiger partial charge >= 0.3 is 0 Å². The van der Waals surface area contributed by atoms with Gasteiger partial charge in [0, 0.05) is 15.8 Å². The third kappa shape index (κ3) is 1.75. The molecule has 0 atom stereocenters. The van der Waals surface area contributed by atoms with Gasteiger partial charge in [-0.1, -0.05) is 41.7 Å². The lowest BCUT2D eigenvalue weighted by atomic mass is 9.96. The Kier molecular flexibility index (Phi) is 2.92. The lowest BCUT2D eigenvalue weighted by molar-refractivity contribution is -0.323. The lowest BCUT2D eigenvalue weighted by Crippen LogP contribution is -2.13. The Morgan fingerprint density at radius 2 is 1.90 bits per heavy atom. The van der Waals surface area contributed by atoms with Crippen molar-refractivity contribution in [2.75, 3.05) is 5.73 Å². The van der Waals surface area contributed by atoms with Gasteiger partial charge in [-0.3, -0.25) is 5.73 Å². The number of H-pyrrole nitrogens is 1. The number of rotatable bonds is 1. The monoisotopic (exact) mass is 280 g/mol. The zero-order valence-electron chi connectivity index (χ0n) is 11.3. The maximum absolute atomic E-state index is 9.47. The summed E-state index contributed by atoms with van der Waals surface area (Å²) in [5.41, 5.74) is 9.70. The molecule has 2 heterocycles. The van der Waals surface area contributed by atoms with E-state index in [1.807, 2.05) is 30.3 Å². The van der Waals surface area contributed by atoms with Crippen molar-refractivity contribution in [3.05, 3.63) is 46.3 Å². The van der Waals surface area contributed by atoms with Gasteiger partial charge in [-0.25, -0.2) is 4.98 Å². The second-order valence-electron chi connectivity index (χ2n) is 4.75. The summed E-state index contributed by atoms with van der Waals surface area (Å²) in [5, 5.41) is 10.6. The van der Waals surface area contributed by atoms with Gasteiger partial charge in [0.15, 0.2) is 4.83 Å². The summed E-state index contributed by atoms with van der Waals surface area (Å²) in [6, 6.07) is 12.2. The van der Waals surface area contributed by atoms with Crippen molar-refractivity contribution >= 4 is 27.4 Å². The number of thiophene rings is 1. The highest BCUT2D eigenvalue weighted by molar-refractivity contribution is 7.18. The van der Waals surface area contributed by atoms with E-state index in [2.05, 4.69) is 24.9 Å². The van der Waals surface area contributed by atoms with Crippen molar-refractivity contribution in [1.29, 1.82) is 5.26 Å². The third-order valence-corrected chi connectivity index (χ3v) is 4.70. The van der Waals surface area contributed by atoms with Crippen molar-refractivity contribution in [2.45, 2.75) is 13.8 Å². The standard InChI is InChI=1S/C16H13N3S/c1-9-10(2)20-16-13(9)14(11-6-4-3-5-7-11)12(8-17)15(18)19-16/h3-7H,1-2H3,(H2,18,19)/p+1. The molecule has 0 fully saturated rings. The maximum atomic E-state index is 9.47. The summed E-state index contributed by atoms with van der Waals surface area (Å²) in [4.78, 5) is 5.42. The van der Waals surface area contributed by atoms with Crippen LogP contribution in [0, 0.1) is 25.2 Å². The summed E-state index contributed by atoms with van der Waals surface area (Å²) >= 11 is 1.68. The van der Waals surface area contributed by atoms with Gasteiger partial charge < -0.3 is 0 Å². The molecule has 0 spiro atoms. The van der Waals surface area contributed by atoms with E-state index in [1.165, 1.54) is 10.4 Å². The molecular weight excluding hydrogens is 266 g/mol. The average molecular weight is 280 g/mol. The fourth-order valence-corrected chi connectivity index (χ4v) is 3.55. The van der Waals surface area contributed by atoms with Crippen LogP contribution in [-0.2, 0) is 0 Å². The van der Waals surface area contributed by atoms with Gasteiger partial charge in [-0.05, 0) is 25.0 Å². The fourth-order valence-electron chi connectivity index (χ4n) is 2.47. The number of nitrogens with zero attached hydrogens (tertiary/aromatic N) is 1. The summed E-state index contributed by atoms with van der Waals surface area (Å²) in [5.74, 6) is 0.431. The normalized spacial score (nSPS) is 10.7. The zero-order chi connectivity index (χ0) is 14.3. The molecule has 0 amide bonds. The number of nitrogens with two attached hydrogens (primary N) is 1. The number of aromatic amines is 1. The molecule has 2 aromatic heterocycles. The van der Waals surface area contributed by atoms with E-state index in [0.717, 1.165) is 21.3 Å². The van der Waals surface area contributed by atoms with Crippen LogP contribution in [0.1, 0.15) is 16.0 Å². The smallest absolute Gasteiger partial charge is 0.286 e. The minimum atomic E-state index is 0.431. The molecule has 0 aliphatic carbocycles. The van der Waals surface area contributed by atoms with Crippen LogP contribution in [-0.4, -0.2) is 0 Å². The third-order valence-electron chi connectivity index (χ3n) is 3.58. The Labute approximate surface area is 121 Å². The zero-order valence-corrected chi connectivity index (χ0v) is 12.1. The predicted molar refractivity (Wildman–Crippen MR) is 82.4 cm³/mol.